The lowest BCUT2D eigenvalue weighted by molar-refractivity contribution is 0.668. The number of rotatable bonds is 4. The van der Waals surface area contributed by atoms with Crippen LogP contribution >= 0.6 is 0 Å². The van der Waals surface area contributed by atoms with Crippen LogP contribution in [0.15, 0.2) is 87.7 Å². The number of para-hydroxylation sites is 2. The Bertz CT molecular complexity index is 2940. The lowest BCUT2D eigenvalue weighted by Gasteiger charge is -2.22. The van der Waals surface area contributed by atoms with Crippen molar-refractivity contribution in [3.8, 4) is 45.3 Å². The number of nitrogens with zero attached hydrogens (tertiary/aromatic N) is 3. The average Bonchev–Trinajstić information content (AvgIpc) is 3.76. The van der Waals surface area contributed by atoms with Crippen LogP contribution in [0, 0.1) is 0 Å². The molecule has 0 radical (unpaired) electrons. The fourth-order valence-electron chi connectivity index (χ4n) is 8.55. The fraction of sp³-hybridized carbons (Fsp3) is 0. The zero-order valence-electron chi connectivity index (χ0n) is 32.7. The molecule has 0 saturated carbocycles. The van der Waals surface area contributed by atoms with Crippen LogP contribution in [0.25, 0.3) is 89.2 Å². The van der Waals surface area contributed by atoms with Crippen LogP contribution in [-0.2, 0) is 0 Å². The molecular weight excluding hydrogens is 651 g/mol. The van der Waals surface area contributed by atoms with E-state index in [1.54, 1.807) is 0 Å². The lowest BCUT2D eigenvalue weighted by Crippen LogP contribution is -2.55. The number of fused-ring (bicyclic) bond motifs is 6. The monoisotopic (exact) mass is 685 g/mol. The van der Waals surface area contributed by atoms with Crippen molar-refractivity contribution in [3.05, 3.63) is 78.9 Å². The molecule has 0 aliphatic heterocycles. The third kappa shape index (κ3) is 5.04. The molecule has 0 saturated heterocycles. The summed E-state index contributed by atoms with van der Waals surface area (Å²) in [7, 11) is 22.0. The van der Waals surface area contributed by atoms with Crippen LogP contribution in [0.2, 0.25) is 0 Å². The van der Waals surface area contributed by atoms with Crippen molar-refractivity contribution in [3.63, 3.8) is 0 Å². The molecule has 0 bridgehead atoms. The molecule has 54 heavy (non-hydrogen) atoms. The first kappa shape index (κ1) is 34.4. The van der Waals surface area contributed by atoms with Gasteiger partial charge in [0.1, 0.15) is 101 Å². The van der Waals surface area contributed by atoms with Crippen molar-refractivity contribution in [2.75, 3.05) is 0 Å². The molecule has 3 aromatic heterocycles. The van der Waals surface area contributed by atoms with Crippen LogP contribution in [0.1, 0.15) is 0 Å². The highest BCUT2D eigenvalue weighted by molar-refractivity contribution is 6.69. The van der Waals surface area contributed by atoms with E-state index in [0.717, 1.165) is 71.7 Å². The molecule has 9 aromatic rings. The quantitative estimate of drug-likeness (QED) is 0.173. The van der Waals surface area contributed by atoms with E-state index in [-0.39, 0.29) is 0 Å². The minimum Gasteiger partial charge on any atom is -0.456 e. The molecule has 0 N–H and O–H groups in total. The second-order valence-corrected chi connectivity index (χ2v) is 15.1. The molecular formula is C39H33B10N3O2. The summed E-state index contributed by atoms with van der Waals surface area (Å²) in [6.07, 6.45) is 0. The van der Waals surface area contributed by atoms with Crippen molar-refractivity contribution in [2.45, 2.75) is 0 Å². The zero-order valence-corrected chi connectivity index (χ0v) is 32.7. The van der Waals surface area contributed by atoms with Gasteiger partial charge in [0.2, 0.25) is 0 Å². The lowest BCUT2D eigenvalue weighted by atomic mass is 9.60. The summed E-state index contributed by atoms with van der Waals surface area (Å²) in [6.45, 7) is 0. The Morgan fingerprint density at radius 1 is 0.370 bits per heavy atom. The van der Waals surface area contributed by atoms with Crippen molar-refractivity contribution < 1.29 is 8.83 Å². The molecule has 0 aliphatic carbocycles. The Hall–Kier alpha value is -5.42. The molecule has 0 amide bonds. The summed E-state index contributed by atoms with van der Waals surface area (Å²) < 4.78 is 13.0. The highest BCUT2D eigenvalue weighted by Gasteiger charge is 2.23. The third-order valence-corrected chi connectivity index (χ3v) is 12.5. The van der Waals surface area contributed by atoms with Crippen LogP contribution in [0.5, 0.6) is 0 Å². The van der Waals surface area contributed by atoms with E-state index >= 15 is 0 Å². The van der Waals surface area contributed by atoms with Gasteiger partial charge in [-0.15, -0.1) is 32.8 Å². The maximum atomic E-state index is 6.52. The number of hydrogen-bond acceptors (Lipinski definition) is 5. The minimum absolute atomic E-state index is 0.632. The van der Waals surface area contributed by atoms with E-state index in [1.165, 1.54) is 54.6 Å². The van der Waals surface area contributed by atoms with Gasteiger partial charge >= 0.3 is 0 Å². The van der Waals surface area contributed by atoms with Gasteiger partial charge in [0.15, 0.2) is 17.5 Å². The Morgan fingerprint density at radius 2 is 0.852 bits per heavy atom. The highest BCUT2D eigenvalue weighted by Crippen LogP contribution is 2.42. The molecule has 5 nitrogen and oxygen atoms in total. The fourth-order valence-corrected chi connectivity index (χ4v) is 8.55. The minimum atomic E-state index is 0.632. The van der Waals surface area contributed by atoms with Gasteiger partial charge in [-0.2, -0.15) is 0 Å². The first-order valence-electron chi connectivity index (χ1n) is 18.7. The molecule has 9 rings (SSSR count). The molecule has 0 spiro atoms. The van der Waals surface area contributed by atoms with Crippen molar-refractivity contribution in [1.82, 2.24) is 15.0 Å². The van der Waals surface area contributed by atoms with E-state index in [9.17, 15) is 0 Å². The first-order valence-corrected chi connectivity index (χ1v) is 18.7. The Morgan fingerprint density at radius 3 is 1.48 bits per heavy atom. The molecule has 3 heterocycles. The van der Waals surface area contributed by atoms with Gasteiger partial charge in [0.25, 0.3) is 0 Å². The average molecular weight is 684 g/mol. The second kappa shape index (κ2) is 12.6. The van der Waals surface area contributed by atoms with Gasteiger partial charge in [-0.1, -0.05) is 70.4 Å². The number of benzene rings is 6. The summed E-state index contributed by atoms with van der Waals surface area (Å²) in [6, 6.07) is 27.2. The molecule has 0 unspecified atom stereocenters. The van der Waals surface area contributed by atoms with Crippen molar-refractivity contribution >= 4 is 177 Å². The predicted molar refractivity (Wildman–Crippen MR) is 258 cm³/mol. The van der Waals surface area contributed by atoms with E-state index in [0.29, 0.717) is 17.5 Å². The van der Waals surface area contributed by atoms with E-state index in [2.05, 4.69) is 133 Å². The predicted octanol–water partition coefficient (Wildman–Crippen LogP) is -7.08. The topological polar surface area (TPSA) is 65.0 Å². The molecule has 15 heteroatoms. The number of hydrogen-bond donors (Lipinski definition) is 0. The van der Waals surface area contributed by atoms with Gasteiger partial charge in [0.05, 0.1) is 0 Å². The standard InChI is InChI=1S/C39H33B10N3O2/c40-26-24(27(41)31(45)34(48)30(26)44)38-50-37(51-39(52-38)25-28(42)32(46)35(49)33(47)29(25)43)14-11-12-21-19(13-14)23-16(6-4-10-22(23)53-21)18-8-3-7-17-15-5-1-2-9-20(15)54-36(17)18/h1-13H,40-49H2. The van der Waals surface area contributed by atoms with Crippen LogP contribution in [0.4, 0.5) is 0 Å². The molecule has 6 aromatic carbocycles. The number of furan rings is 2. The van der Waals surface area contributed by atoms with Crippen molar-refractivity contribution in [1.29, 1.82) is 0 Å². The third-order valence-electron chi connectivity index (χ3n) is 12.5. The van der Waals surface area contributed by atoms with Crippen molar-refractivity contribution in [2.24, 2.45) is 0 Å². The molecule has 0 atom stereocenters. The summed E-state index contributed by atoms with van der Waals surface area (Å²) in [5.74, 6) is 2.02. The zero-order chi connectivity index (χ0) is 37.7. The van der Waals surface area contributed by atoms with Gasteiger partial charge in [0, 0.05) is 43.8 Å². The van der Waals surface area contributed by atoms with E-state index in [4.69, 9.17) is 23.8 Å². The van der Waals surface area contributed by atoms with Gasteiger partial charge < -0.3 is 8.83 Å². The summed E-state index contributed by atoms with van der Waals surface area (Å²) in [5, 5.41) is 4.23. The molecule has 246 valence electrons. The SMILES string of the molecule is Bc1c(B)c(B)c(-c2nc(-c3ccc4oc5cccc(-c6cccc7c6oc6ccccc67)c5c4c3)nc(-c3c(B)c(B)c(B)c(B)c3B)n2)c(B)c1B. The summed E-state index contributed by atoms with van der Waals surface area (Å²) in [5.41, 5.74) is 21.0. The molecule has 0 fully saturated rings. The Balaban J connectivity index is 1.32. The first-order chi connectivity index (χ1) is 25.9. The van der Waals surface area contributed by atoms with E-state index in [1.807, 2.05) is 24.3 Å². The van der Waals surface area contributed by atoms with Crippen LogP contribution < -0.4 is 54.6 Å². The van der Waals surface area contributed by atoms with Gasteiger partial charge in [-0.3, -0.25) is 0 Å². The molecule has 0 aliphatic rings. The van der Waals surface area contributed by atoms with Crippen LogP contribution in [-0.4, -0.2) is 93.4 Å². The van der Waals surface area contributed by atoms with E-state index < -0.39 is 0 Å². The normalized spacial score (nSPS) is 11.7. The maximum absolute atomic E-state index is 6.52. The smallest absolute Gasteiger partial charge is 0.164 e. The maximum Gasteiger partial charge on any atom is 0.164 e. The highest BCUT2D eigenvalue weighted by atomic mass is 16.3. The summed E-state index contributed by atoms with van der Waals surface area (Å²) >= 11 is 0. The Kier molecular flexibility index (Phi) is 8.00. The summed E-state index contributed by atoms with van der Waals surface area (Å²) in [4.78, 5) is 15.9. The number of aromatic nitrogens is 3. The van der Waals surface area contributed by atoms with Crippen LogP contribution in [0.3, 0.4) is 0 Å². The van der Waals surface area contributed by atoms with Gasteiger partial charge in [-0.25, -0.2) is 15.0 Å². The second-order valence-electron chi connectivity index (χ2n) is 15.1. The Labute approximate surface area is 323 Å². The van der Waals surface area contributed by atoms with Gasteiger partial charge in [-0.05, 0) is 35.9 Å². The largest absolute Gasteiger partial charge is 0.456 e.